The summed E-state index contributed by atoms with van der Waals surface area (Å²) in [6.07, 6.45) is 3.05. The monoisotopic (exact) mass is 475 g/mol. The highest BCUT2D eigenvalue weighted by molar-refractivity contribution is 5.59. The summed E-state index contributed by atoms with van der Waals surface area (Å²) in [7, 11) is 1.81. The summed E-state index contributed by atoms with van der Waals surface area (Å²) in [5.74, 6) is -4.01. The Morgan fingerprint density at radius 1 is 1.15 bits per heavy atom. The average Bonchev–Trinajstić information content (AvgIpc) is 3.56. The predicted molar refractivity (Wildman–Crippen MR) is 116 cm³/mol. The summed E-state index contributed by atoms with van der Waals surface area (Å²) in [6, 6.07) is 5.28. The van der Waals surface area contributed by atoms with E-state index in [1.165, 1.54) is 10.8 Å². The Kier molecular flexibility index (Phi) is 5.60. The van der Waals surface area contributed by atoms with Gasteiger partial charge < -0.3 is 15.1 Å². The van der Waals surface area contributed by atoms with E-state index in [-0.39, 0.29) is 24.6 Å². The number of anilines is 2. The van der Waals surface area contributed by atoms with Crippen LogP contribution in [0.1, 0.15) is 18.4 Å². The van der Waals surface area contributed by atoms with Gasteiger partial charge in [-0.1, -0.05) is 0 Å². The number of hydrogen-bond donors (Lipinski definition) is 1. The first-order valence-electron chi connectivity index (χ1n) is 10.7. The maximum absolute atomic E-state index is 14.2. The summed E-state index contributed by atoms with van der Waals surface area (Å²) in [4.78, 5) is 12.5. The first-order chi connectivity index (χ1) is 16.3. The number of hydrogen-bond acceptors (Lipinski definition) is 7. The molecule has 0 radical (unpaired) electrons. The van der Waals surface area contributed by atoms with Crippen molar-refractivity contribution in [2.75, 3.05) is 30.8 Å². The fourth-order valence-electron chi connectivity index (χ4n) is 4.29. The van der Waals surface area contributed by atoms with Crippen LogP contribution in [0.2, 0.25) is 0 Å². The number of rotatable bonds is 6. The Balaban J connectivity index is 1.36. The van der Waals surface area contributed by atoms with Crippen molar-refractivity contribution in [3.63, 3.8) is 0 Å². The molecular weight excluding hydrogens is 454 g/mol. The normalized spacial score (nSPS) is 16.6. The molecule has 0 spiro atoms. The molecule has 2 N–H and O–H groups in total. The molecule has 178 valence electrons. The van der Waals surface area contributed by atoms with E-state index in [0.717, 1.165) is 12.8 Å². The second-order valence-electron chi connectivity index (χ2n) is 8.25. The van der Waals surface area contributed by atoms with Gasteiger partial charge in [0.05, 0.1) is 6.26 Å². The lowest BCUT2D eigenvalue weighted by Crippen LogP contribution is -2.39. The molecule has 8 nitrogen and oxygen atoms in total. The number of furan rings is 1. The number of nitrogens with two attached hydrogens (primary N) is 1. The molecule has 1 aliphatic heterocycles. The van der Waals surface area contributed by atoms with Crippen molar-refractivity contribution >= 4 is 17.4 Å². The number of fused-ring (bicyclic) bond motifs is 1. The quantitative estimate of drug-likeness (QED) is 0.337. The molecule has 1 aliphatic rings. The van der Waals surface area contributed by atoms with Crippen LogP contribution in [0.5, 0.6) is 0 Å². The van der Waals surface area contributed by atoms with Gasteiger partial charge in [-0.05, 0) is 31.5 Å². The lowest BCUT2D eigenvalue weighted by molar-refractivity contribution is 0.238. The Morgan fingerprint density at radius 2 is 1.91 bits per heavy atom. The van der Waals surface area contributed by atoms with E-state index in [9.17, 15) is 17.6 Å². The summed E-state index contributed by atoms with van der Waals surface area (Å²) in [5, 5.41) is 4.31. The van der Waals surface area contributed by atoms with Gasteiger partial charge in [0.15, 0.2) is 34.7 Å². The van der Waals surface area contributed by atoms with E-state index >= 15 is 0 Å². The number of aromatic nitrogens is 4. The van der Waals surface area contributed by atoms with Crippen LogP contribution in [0.4, 0.5) is 29.3 Å². The number of likely N-dealkylation sites (N-methyl/N-ethyl adjacent to an activating group) is 1. The molecule has 1 saturated heterocycles. The second kappa shape index (κ2) is 8.60. The number of halogens is 4. The molecule has 4 heterocycles. The fourth-order valence-corrected chi connectivity index (χ4v) is 4.29. The number of likely N-dealkylation sites (tertiary alicyclic amines) is 1. The zero-order chi connectivity index (χ0) is 24.0. The van der Waals surface area contributed by atoms with E-state index in [1.54, 1.807) is 18.2 Å². The molecule has 0 bridgehead atoms. The van der Waals surface area contributed by atoms with Gasteiger partial charge in [0.25, 0.3) is 0 Å². The van der Waals surface area contributed by atoms with Crippen molar-refractivity contribution in [2.24, 2.45) is 0 Å². The smallest absolute Gasteiger partial charge is 0.225 e. The van der Waals surface area contributed by atoms with Gasteiger partial charge >= 0.3 is 0 Å². The van der Waals surface area contributed by atoms with Crippen LogP contribution < -0.4 is 10.6 Å². The Morgan fingerprint density at radius 3 is 2.62 bits per heavy atom. The largest absolute Gasteiger partial charge is 0.461 e. The highest BCUT2D eigenvalue weighted by Gasteiger charge is 2.29. The fraction of sp³-hybridized carbons (Fsp3) is 0.318. The third kappa shape index (κ3) is 3.94. The maximum atomic E-state index is 14.2. The Hall–Kier alpha value is -3.67. The van der Waals surface area contributed by atoms with E-state index in [4.69, 9.17) is 10.2 Å². The summed E-state index contributed by atoms with van der Waals surface area (Å²) >= 11 is 0. The molecule has 0 aliphatic carbocycles. The van der Waals surface area contributed by atoms with Gasteiger partial charge in [-0.2, -0.15) is 9.50 Å². The minimum absolute atomic E-state index is 0.120. The molecule has 34 heavy (non-hydrogen) atoms. The van der Waals surface area contributed by atoms with Crippen molar-refractivity contribution in [3.05, 3.63) is 59.4 Å². The minimum Gasteiger partial charge on any atom is -0.461 e. The first kappa shape index (κ1) is 22.1. The van der Waals surface area contributed by atoms with E-state index in [1.807, 2.05) is 16.8 Å². The third-order valence-electron chi connectivity index (χ3n) is 6.02. The molecule has 0 amide bonds. The lowest BCUT2D eigenvalue weighted by atomic mass is 10.1. The average molecular weight is 475 g/mol. The molecule has 1 atom stereocenters. The van der Waals surface area contributed by atoms with Crippen LogP contribution in [0.3, 0.4) is 0 Å². The maximum Gasteiger partial charge on any atom is 0.225 e. The molecule has 5 rings (SSSR count). The van der Waals surface area contributed by atoms with Crippen molar-refractivity contribution < 1.29 is 22.0 Å². The van der Waals surface area contributed by atoms with Crippen LogP contribution >= 0.6 is 0 Å². The van der Waals surface area contributed by atoms with Gasteiger partial charge in [-0.15, -0.1) is 5.10 Å². The van der Waals surface area contributed by atoms with Gasteiger partial charge in [0.2, 0.25) is 11.8 Å². The van der Waals surface area contributed by atoms with Crippen LogP contribution in [0, 0.1) is 23.3 Å². The van der Waals surface area contributed by atoms with E-state index < -0.39 is 28.8 Å². The zero-order valence-corrected chi connectivity index (χ0v) is 18.2. The molecule has 1 aromatic carbocycles. The van der Waals surface area contributed by atoms with Crippen molar-refractivity contribution in [2.45, 2.75) is 25.4 Å². The SMILES string of the molecule is CN(CC1CCCN1Cc1c(F)c(F)cc(F)c1F)c1cc2nc(-c3ccco3)nn2c(N)n1. The minimum atomic E-state index is -1.41. The van der Waals surface area contributed by atoms with Gasteiger partial charge in [-0.25, -0.2) is 22.5 Å². The van der Waals surface area contributed by atoms with Crippen LogP contribution in [-0.4, -0.2) is 50.7 Å². The second-order valence-corrected chi connectivity index (χ2v) is 8.25. The van der Waals surface area contributed by atoms with Crippen LogP contribution in [0.15, 0.2) is 34.9 Å². The molecule has 12 heteroatoms. The van der Waals surface area contributed by atoms with Crippen LogP contribution in [0.25, 0.3) is 17.2 Å². The molecule has 0 saturated carbocycles. The van der Waals surface area contributed by atoms with Gasteiger partial charge in [0.1, 0.15) is 5.82 Å². The summed E-state index contributed by atoms with van der Waals surface area (Å²) in [5.41, 5.74) is 5.96. The number of nitrogen functional groups attached to an aromatic ring is 1. The number of benzene rings is 1. The van der Waals surface area contributed by atoms with Gasteiger partial charge in [-0.3, -0.25) is 4.90 Å². The number of nitrogens with zero attached hydrogens (tertiary/aromatic N) is 6. The highest BCUT2D eigenvalue weighted by atomic mass is 19.2. The molecule has 4 aromatic rings. The first-order valence-corrected chi connectivity index (χ1v) is 10.7. The Labute approximate surface area is 191 Å². The Bertz CT molecular complexity index is 1320. The predicted octanol–water partition coefficient (Wildman–Crippen LogP) is 3.62. The standard InChI is InChI=1S/C22H21F4N7O/c1-31(17-9-18-28-21(16-5-3-7-34-16)30-33(18)22(27)29-17)10-12-4-2-6-32(12)11-13-19(25)14(23)8-15(24)20(13)26/h3,5,7-9,12H,2,4,6,10-11H2,1H3,(H2,27,29). The molecule has 1 fully saturated rings. The van der Waals surface area contributed by atoms with E-state index in [0.29, 0.717) is 36.1 Å². The summed E-state index contributed by atoms with van der Waals surface area (Å²) < 4.78 is 62.4. The third-order valence-corrected chi connectivity index (χ3v) is 6.02. The molecular formula is C22H21F4N7O. The van der Waals surface area contributed by atoms with Gasteiger partial charge in [0, 0.05) is 43.9 Å². The topological polar surface area (TPSA) is 88.7 Å². The van der Waals surface area contributed by atoms with E-state index in [2.05, 4.69) is 15.1 Å². The summed E-state index contributed by atoms with van der Waals surface area (Å²) in [6.45, 7) is 0.750. The molecule has 3 aromatic heterocycles. The zero-order valence-electron chi connectivity index (χ0n) is 18.2. The van der Waals surface area contributed by atoms with Crippen molar-refractivity contribution in [1.82, 2.24) is 24.5 Å². The highest BCUT2D eigenvalue weighted by Crippen LogP contribution is 2.27. The molecule has 1 unspecified atom stereocenters. The lowest BCUT2D eigenvalue weighted by Gasteiger charge is -2.29. The van der Waals surface area contributed by atoms with Crippen molar-refractivity contribution in [3.8, 4) is 11.6 Å². The van der Waals surface area contributed by atoms with Crippen molar-refractivity contribution in [1.29, 1.82) is 0 Å². The van der Waals surface area contributed by atoms with Crippen LogP contribution in [-0.2, 0) is 6.54 Å².